The maximum atomic E-state index is 12.7. The summed E-state index contributed by atoms with van der Waals surface area (Å²) in [7, 11) is 1.32. The molecule has 0 saturated carbocycles. The number of fused-ring (bicyclic) bond motifs is 1. The largest absolute Gasteiger partial charge is 0.338 e. The Kier molecular flexibility index (Phi) is 6.64. The monoisotopic (exact) mass is 448 g/mol. The van der Waals surface area contributed by atoms with E-state index in [1.807, 2.05) is 43.0 Å². The Morgan fingerprint density at radius 3 is 2.57 bits per heavy atom. The third kappa shape index (κ3) is 4.28. The van der Waals surface area contributed by atoms with Crippen LogP contribution >= 0.6 is 11.3 Å². The molecule has 0 radical (unpaired) electrons. The second kappa shape index (κ2) is 8.87. The second-order valence-corrected chi connectivity index (χ2v) is 10.5. The minimum Gasteiger partial charge on any atom is -0.338 e. The molecule has 1 aromatic carbocycles. The van der Waals surface area contributed by atoms with Crippen molar-refractivity contribution in [3.8, 4) is 0 Å². The third-order valence-electron chi connectivity index (χ3n) is 5.39. The summed E-state index contributed by atoms with van der Waals surface area (Å²) in [6, 6.07) is 9.06. The summed E-state index contributed by atoms with van der Waals surface area (Å²) in [5, 5.41) is 2.01. The average Bonchev–Trinajstić information content (AvgIpc) is 3.37. The molecule has 3 aromatic rings. The fourth-order valence-corrected chi connectivity index (χ4v) is 5.15. The molecule has 30 heavy (non-hydrogen) atoms. The molecule has 7 nitrogen and oxygen atoms in total. The molecule has 0 N–H and O–H groups in total. The van der Waals surface area contributed by atoms with Crippen LogP contribution in [0.5, 0.6) is 0 Å². The molecular formula is C21H28N4O3S2. The standard InChI is InChI=1S/C21H28N4O3S2/c1-6-25-18-10-9-16(30(27,28)23(3)4)14-17(18)22-20(25)11-12-21(26)24(5)15(2)19-8-7-13-29-19/h7-10,13-15H,6,11-12H2,1-5H3. The number of thiophene rings is 1. The summed E-state index contributed by atoms with van der Waals surface area (Å²) in [5.74, 6) is 0.846. The molecule has 1 amide bonds. The van der Waals surface area contributed by atoms with Crippen molar-refractivity contribution in [1.82, 2.24) is 18.8 Å². The summed E-state index contributed by atoms with van der Waals surface area (Å²) < 4.78 is 28.1. The Labute approximate surface area is 182 Å². The molecule has 0 aliphatic rings. The molecule has 9 heteroatoms. The average molecular weight is 449 g/mol. The summed E-state index contributed by atoms with van der Waals surface area (Å²) in [6.45, 7) is 4.74. The van der Waals surface area contributed by atoms with Crippen molar-refractivity contribution < 1.29 is 13.2 Å². The van der Waals surface area contributed by atoms with Crippen LogP contribution in [-0.4, -0.2) is 54.2 Å². The smallest absolute Gasteiger partial charge is 0.242 e. The lowest BCUT2D eigenvalue weighted by Crippen LogP contribution is -2.29. The predicted octanol–water partition coefficient (Wildman–Crippen LogP) is 3.52. The van der Waals surface area contributed by atoms with Gasteiger partial charge in [0.25, 0.3) is 0 Å². The summed E-state index contributed by atoms with van der Waals surface area (Å²) in [6.07, 6.45) is 0.844. The van der Waals surface area contributed by atoms with Gasteiger partial charge in [-0.05, 0) is 43.5 Å². The van der Waals surface area contributed by atoms with Gasteiger partial charge >= 0.3 is 0 Å². The Balaban J connectivity index is 1.81. The van der Waals surface area contributed by atoms with Crippen molar-refractivity contribution in [2.75, 3.05) is 21.1 Å². The third-order valence-corrected chi connectivity index (χ3v) is 8.24. The highest BCUT2D eigenvalue weighted by atomic mass is 32.2. The van der Waals surface area contributed by atoms with Crippen molar-refractivity contribution in [1.29, 1.82) is 0 Å². The number of carbonyl (C=O) groups excluding carboxylic acids is 1. The fraction of sp³-hybridized carbons (Fsp3) is 0.429. The van der Waals surface area contributed by atoms with E-state index in [2.05, 4.69) is 4.98 Å². The van der Waals surface area contributed by atoms with E-state index in [1.165, 1.54) is 18.4 Å². The molecular weight excluding hydrogens is 420 g/mol. The minimum absolute atomic E-state index is 0.0290. The van der Waals surface area contributed by atoms with E-state index in [0.29, 0.717) is 24.9 Å². The first-order valence-corrected chi connectivity index (χ1v) is 12.2. The van der Waals surface area contributed by atoms with Crippen LogP contribution < -0.4 is 0 Å². The van der Waals surface area contributed by atoms with E-state index in [1.54, 1.807) is 34.4 Å². The van der Waals surface area contributed by atoms with Crippen molar-refractivity contribution in [3.05, 3.63) is 46.4 Å². The zero-order chi connectivity index (χ0) is 22.1. The Morgan fingerprint density at radius 2 is 1.97 bits per heavy atom. The Morgan fingerprint density at radius 1 is 1.23 bits per heavy atom. The molecule has 3 rings (SSSR count). The summed E-state index contributed by atoms with van der Waals surface area (Å²) in [4.78, 5) is 20.5. The number of hydrogen-bond acceptors (Lipinski definition) is 5. The van der Waals surface area contributed by atoms with Gasteiger partial charge in [-0.3, -0.25) is 4.79 Å². The minimum atomic E-state index is -3.52. The molecule has 0 saturated heterocycles. The van der Waals surface area contributed by atoms with E-state index < -0.39 is 10.0 Å². The van der Waals surface area contributed by atoms with Gasteiger partial charge in [0.2, 0.25) is 15.9 Å². The lowest BCUT2D eigenvalue weighted by atomic mass is 10.2. The number of rotatable bonds is 8. The number of imidazole rings is 1. The van der Waals surface area contributed by atoms with Crippen LogP contribution in [0.15, 0.2) is 40.6 Å². The van der Waals surface area contributed by atoms with Gasteiger partial charge in [-0.25, -0.2) is 17.7 Å². The van der Waals surface area contributed by atoms with Gasteiger partial charge in [0.1, 0.15) is 5.82 Å². The summed E-state index contributed by atoms with van der Waals surface area (Å²) in [5.41, 5.74) is 1.50. The van der Waals surface area contributed by atoms with Crippen molar-refractivity contribution in [2.24, 2.45) is 0 Å². The van der Waals surface area contributed by atoms with Crippen LogP contribution in [0, 0.1) is 0 Å². The van der Waals surface area contributed by atoms with Gasteiger partial charge in [-0.1, -0.05) is 6.07 Å². The number of sulfonamides is 1. The number of hydrogen-bond donors (Lipinski definition) is 0. The van der Waals surface area contributed by atoms with Crippen LogP contribution in [0.25, 0.3) is 11.0 Å². The van der Waals surface area contributed by atoms with Crippen molar-refractivity contribution in [3.63, 3.8) is 0 Å². The van der Waals surface area contributed by atoms with Crippen molar-refractivity contribution >= 4 is 38.3 Å². The van der Waals surface area contributed by atoms with Gasteiger partial charge < -0.3 is 9.47 Å². The second-order valence-electron chi connectivity index (χ2n) is 7.41. The molecule has 162 valence electrons. The first-order valence-electron chi connectivity index (χ1n) is 9.87. The van der Waals surface area contributed by atoms with Gasteiger partial charge in [0, 0.05) is 45.4 Å². The molecule has 1 unspecified atom stereocenters. The lowest BCUT2D eigenvalue weighted by Gasteiger charge is -2.24. The highest BCUT2D eigenvalue weighted by Crippen LogP contribution is 2.25. The molecule has 2 heterocycles. The molecule has 1 atom stereocenters. The summed E-state index contributed by atoms with van der Waals surface area (Å²) >= 11 is 1.64. The maximum Gasteiger partial charge on any atom is 0.242 e. The molecule has 0 aliphatic heterocycles. The quantitative estimate of drug-likeness (QED) is 0.528. The van der Waals surface area contributed by atoms with Crippen LogP contribution in [-0.2, 0) is 27.8 Å². The van der Waals surface area contributed by atoms with E-state index in [-0.39, 0.29) is 16.8 Å². The van der Waals surface area contributed by atoms with Gasteiger partial charge in [0.15, 0.2) is 0 Å². The zero-order valence-corrected chi connectivity index (χ0v) is 19.6. The number of amides is 1. The predicted molar refractivity (Wildman–Crippen MR) is 120 cm³/mol. The van der Waals surface area contributed by atoms with Crippen LogP contribution in [0.2, 0.25) is 0 Å². The first-order chi connectivity index (χ1) is 14.2. The van der Waals surface area contributed by atoms with Crippen molar-refractivity contribution in [2.45, 2.75) is 44.2 Å². The number of aromatic nitrogens is 2. The first kappa shape index (κ1) is 22.5. The molecule has 0 aliphatic carbocycles. The number of nitrogens with zero attached hydrogens (tertiary/aromatic N) is 4. The van der Waals surface area contributed by atoms with Gasteiger partial charge in [0.05, 0.1) is 22.0 Å². The van der Waals surface area contributed by atoms with Crippen LogP contribution in [0.4, 0.5) is 0 Å². The fourth-order valence-electron chi connectivity index (χ4n) is 3.41. The number of carbonyl (C=O) groups is 1. The molecule has 0 bridgehead atoms. The number of benzene rings is 1. The highest BCUT2D eigenvalue weighted by molar-refractivity contribution is 7.89. The molecule has 2 aromatic heterocycles. The maximum absolute atomic E-state index is 12.7. The van der Waals surface area contributed by atoms with Gasteiger partial charge in [-0.2, -0.15) is 0 Å². The highest BCUT2D eigenvalue weighted by Gasteiger charge is 2.21. The van der Waals surface area contributed by atoms with Crippen LogP contribution in [0.3, 0.4) is 0 Å². The molecule has 0 fully saturated rings. The van der Waals surface area contributed by atoms with E-state index >= 15 is 0 Å². The van der Waals surface area contributed by atoms with Crippen LogP contribution in [0.1, 0.15) is 37.0 Å². The SMILES string of the molecule is CCn1c(CCC(=O)N(C)C(C)c2cccs2)nc2cc(S(=O)(=O)N(C)C)ccc21. The van der Waals surface area contributed by atoms with E-state index in [4.69, 9.17) is 0 Å². The topological polar surface area (TPSA) is 75.5 Å². The van der Waals surface area contributed by atoms with E-state index in [9.17, 15) is 13.2 Å². The lowest BCUT2D eigenvalue weighted by molar-refractivity contribution is -0.131. The number of aryl methyl sites for hydroxylation is 2. The molecule has 0 spiro atoms. The Hall–Kier alpha value is -2.23. The van der Waals surface area contributed by atoms with Gasteiger partial charge in [-0.15, -0.1) is 11.3 Å². The normalized spacial score (nSPS) is 13.1. The zero-order valence-electron chi connectivity index (χ0n) is 18.0. The van der Waals surface area contributed by atoms with E-state index in [0.717, 1.165) is 16.2 Å². The Bertz CT molecular complexity index is 1130.